The Morgan fingerprint density at radius 3 is 2.37 bits per heavy atom. The maximum absolute atomic E-state index is 13.8. The highest BCUT2D eigenvalue weighted by molar-refractivity contribution is 7.92. The molecule has 0 aliphatic heterocycles. The molecule has 4 rings (SSSR count). The fourth-order valence-corrected chi connectivity index (χ4v) is 6.03. The van der Waals surface area contributed by atoms with Crippen molar-refractivity contribution < 1.29 is 22.7 Å². The van der Waals surface area contributed by atoms with Crippen LogP contribution in [0.15, 0.2) is 82.8 Å². The number of nitrogens with zero attached hydrogens (tertiary/aromatic N) is 3. The van der Waals surface area contributed by atoms with E-state index in [2.05, 4.69) is 10.5 Å². The quantitative estimate of drug-likeness (QED) is 0.195. The first kappa shape index (κ1) is 29.7. The SMILES string of the molecule is COc1ccc(OC)c(N(CC(=O)N/N=C\c2cc(C)n(-c3ccccc3Cl)c2C)S(=O)(=O)c2ccc(C)cc2)c1. The lowest BCUT2D eigenvalue weighted by Gasteiger charge is -2.25. The standard InChI is InChI=1S/C30H31ClN4O5S/c1-20-10-13-25(14-11-20)41(37,38)34(28-17-24(39-4)12-15-29(28)40-5)19-30(36)33-32-18-23-16-21(2)35(22(23)3)27-9-7-6-8-26(27)31/h6-18H,19H2,1-5H3,(H,33,36)/b32-18-. The Hall–Kier alpha value is -4.28. The molecule has 0 aliphatic rings. The molecule has 3 aromatic carbocycles. The molecule has 4 aromatic rings. The van der Waals surface area contributed by atoms with Crippen molar-refractivity contribution in [3.05, 3.63) is 100 Å². The smallest absolute Gasteiger partial charge is 0.264 e. The fourth-order valence-electron chi connectivity index (χ4n) is 4.39. The number of hydrogen-bond acceptors (Lipinski definition) is 6. The Balaban J connectivity index is 1.63. The summed E-state index contributed by atoms with van der Waals surface area (Å²) in [6, 6.07) is 20.5. The van der Waals surface area contributed by atoms with Crippen molar-refractivity contribution in [2.24, 2.45) is 5.10 Å². The second kappa shape index (κ2) is 12.5. The minimum Gasteiger partial charge on any atom is -0.497 e. The number of nitrogens with one attached hydrogen (secondary N) is 1. The number of anilines is 1. The number of carbonyl (C=O) groups excluding carboxylic acids is 1. The lowest BCUT2D eigenvalue weighted by atomic mass is 10.2. The van der Waals surface area contributed by atoms with Gasteiger partial charge in [-0.05, 0) is 63.2 Å². The number of ether oxygens (including phenoxy) is 2. The van der Waals surface area contributed by atoms with E-state index in [1.165, 1.54) is 38.6 Å². The van der Waals surface area contributed by atoms with Crippen LogP contribution >= 0.6 is 11.6 Å². The lowest BCUT2D eigenvalue weighted by molar-refractivity contribution is -0.119. The second-order valence-corrected chi connectivity index (χ2v) is 11.5. The van der Waals surface area contributed by atoms with Crippen LogP contribution in [0.5, 0.6) is 11.5 Å². The molecule has 0 unspecified atom stereocenters. The molecule has 1 amide bonds. The molecule has 0 saturated heterocycles. The van der Waals surface area contributed by atoms with Gasteiger partial charge in [0.15, 0.2) is 0 Å². The van der Waals surface area contributed by atoms with Crippen LogP contribution in [0.3, 0.4) is 0 Å². The minimum absolute atomic E-state index is 0.0243. The number of aromatic nitrogens is 1. The van der Waals surface area contributed by atoms with Gasteiger partial charge in [-0.1, -0.05) is 41.4 Å². The van der Waals surface area contributed by atoms with Crippen molar-refractivity contribution in [3.8, 4) is 17.2 Å². The molecule has 1 heterocycles. The second-order valence-electron chi connectivity index (χ2n) is 9.27. The molecule has 214 valence electrons. The predicted octanol–water partition coefficient (Wildman–Crippen LogP) is 5.42. The topological polar surface area (TPSA) is 102 Å². The zero-order chi connectivity index (χ0) is 29.7. The Morgan fingerprint density at radius 2 is 1.71 bits per heavy atom. The zero-order valence-corrected chi connectivity index (χ0v) is 25.0. The van der Waals surface area contributed by atoms with E-state index >= 15 is 0 Å². The van der Waals surface area contributed by atoms with Gasteiger partial charge in [0.25, 0.3) is 15.9 Å². The van der Waals surface area contributed by atoms with Crippen LogP contribution in [0.1, 0.15) is 22.5 Å². The van der Waals surface area contributed by atoms with Crippen molar-refractivity contribution in [2.45, 2.75) is 25.7 Å². The summed E-state index contributed by atoms with van der Waals surface area (Å²) in [6.07, 6.45) is 1.51. The summed E-state index contributed by atoms with van der Waals surface area (Å²) in [7, 11) is -1.29. The monoisotopic (exact) mass is 594 g/mol. The number of amides is 1. The fraction of sp³-hybridized carbons (Fsp3) is 0.200. The van der Waals surface area contributed by atoms with Gasteiger partial charge in [0.1, 0.15) is 18.0 Å². The third kappa shape index (κ3) is 6.39. The summed E-state index contributed by atoms with van der Waals surface area (Å²) >= 11 is 6.40. The number of sulfonamides is 1. The van der Waals surface area contributed by atoms with E-state index in [1.54, 1.807) is 24.3 Å². The molecule has 9 nitrogen and oxygen atoms in total. The van der Waals surface area contributed by atoms with Crippen molar-refractivity contribution in [3.63, 3.8) is 0 Å². The highest BCUT2D eigenvalue weighted by atomic mass is 35.5. The average Bonchev–Trinajstić information content (AvgIpc) is 3.24. The summed E-state index contributed by atoms with van der Waals surface area (Å²) in [4.78, 5) is 13.1. The molecule has 0 bridgehead atoms. The van der Waals surface area contributed by atoms with E-state index in [-0.39, 0.29) is 16.3 Å². The highest BCUT2D eigenvalue weighted by Gasteiger charge is 2.30. The Morgan fingerprint density at radius 1 is 1.00 bits per heavy atom. The molecule has 11 heteroatoms. The van der Waals surface area contributed by atoms with E-state index in [1.807, 2.05) is 55.7 Å². The molecule has 0 radical (unpaired) electrons. The number of hydrazone groups is 1. The van der Waals surface area contributed by atoms with Crippen LogP contribution in [0.4, 0.5) is 5.69 Å². The number of para-hydroxylation sites is 1. The van der Waals surface area contributed by atoms with Gasteiger partial charge in [-0.25, -0.2) is 13.8 Å². The largest absolute Gasteiger partial charge is 0.497 e. The molecule has 1 aromatic heterocycles. The average molecular weight is 595 g/mol. The summed E-state index contributed by atoms with van der Waals surface area (Å²) in [5.41, 5.74) is 6.90. The molecule has 0 aliphatic carbocycles. The number of methoxy groups -OCH3 is 2. The number of halogens is 1. The summed E-state index contributed by atoms with van der Waals surface area (Å²) in [5.74, 6) is 0.00346. The molecule has 0 atom stereocenters. The Labute approximate surface area is 245 Å². The van der Waals surface area contributed by atoms with Gasteiger partial charge in [-0.3, -0.25) is 9.10 Å². The van der Waals surface area contributed by atoms with E-state index in [0.29, 0.717) is 10.8 Å². The summed E-state index contributed by atoms with van der Waals surface area (Å²) in [5, 5.41) is 4.72. The Kier molecular flexibility index (Phi) is 9.05. The van der Waals surface area contributed by atoms with E-state index in [9.17, 15) is 13.2 Å². The Bertz CT molecular complexity index is 1700. The van der Waals surface area contributed by atoms with Gasteiger partial charge in [0, 0.05) is 23.0 Å². The molecular weight excluding hydrogens is 564 g/mol. The van der Waals surface area contributed by atoms with Crippen molar-refractivity contribution >= 4 is 39.4 Å². The third-order valence-electron chi connectivity index (χ3n) is 6.51. The number of aryl methyl sites for hydroxylation is 2. The van der Waals surface area contributed by atoms with Crippen molar-refractivity contribution in [1.82, 2.24) is 9.99 Å². The van der Waals surface area contributed by atoms with E-state index in [0.717, 1.165) is 32.5 Å². The van der Waals surface area contributed by atoms with E-state index in [4.69, 9.17) is 21.1 Å². The highest BCUT2D eigenvalue weighted by Crippen LogP contribution is 2.35. The number of benzene rings is 3. The van der Waals surface area contributed by atoms with Gasteiger partial charge >= 0.3 is 0 Å². The number of carbonyl (C=O) groups is 1. The summed E-state index contributed by atoms with van der Waals surface area (Å²) in [6.45, 7) is 5.16. The first-order valence-electron chi connectivity index (χ1n) is 12.6. The van der Waals surface area contributed by atoms with Crippen LogP contribution in [0.2, 0.25) is 5.02 Å². The minimum atomic E-state index is -4.18. The molecule has 0 spiro atoms. The van der Waals surface area contributed by atoms with E-state index < -0.39 is 22.5 Å². The van der Waals surface area contributed by atoms with Crippen molar-refractivity contribution in [1.29, 1.82) is 0 Å². The molecular formula is C30H31ClN4O5S. The molecule has 0 saturated carbocycles. The van der Waals surface area contributed by atoms with Gasteiger partial charge in [-0.15, -0.1) is 0 Å². The van der Waals surface area contributed by atoms with Gasteiger partial charge in [0.05, 0.1) is 41.7 Å². The maximum atomic E-state index is 13.8. The summed E-state index contributed by atoms with van der Waals surface area (Å²) < 4.78 is 41.3. The van der Waals surface area contributed by atoms with Crippen molar-refractivity contribution in [2.75, 3.05) is 25.1 Å². The zero-order valence-electron chi connectivity index (χ0n) is 23.4. The maximum Gasteiger partial charge on any atom is 0.264 e. The molecule has 0 fully saturated rings. The third-order valence-corrected chi connectivity index (χ3v) is 8.60. The first-order valence-corrected chi connectivity index (χ1v) is 14.5. The van der Waals surface area contributed by atoms with Crippen LogP contribution in [0, 0.1) is 20.8 Å². The van der Waals surface area contributed by atoms with Crippen LogP contribution in [0.25, 0.3) is 5.69 Å². The molecule has 1 N–H and O–H groups in total. The number of hydrogen-bond donors (Lipinski definition) is 1. The van der Waals surface area contributed by atoms with Gasteiger partial charge < -0.3 is 14.0 Å². The normalized spacial score (nSPS) is 11.5. The van der Waals surface area contributed by atoms with Crippen LogP contribution < -0.4 is 19.2 Å². The van der Waals surface area contributed by atoms with Crippen LogP contribution in [-0.4, -0.2) is 45.9 Å². The van der Waals surface area contributed by atoms with Gasteiger partial charge in [0.2, 0.25) is 0 Å². The van der Waals surface area contributed by atoms with Gasteiger partial charge in [-0.2, -0.15) is 5.10 Å². The lowest BCUT2D eigenvalue weighted by Crippen LogP contribution is -2.39. The predicted molar refractivity (Wildman–Crippen MR) is 161 cm³/mol. The first-order chi connectivity index (χ1) is 19.6. The molecule has 41 heavy (non-hydrogen) atoms. The number of rotatable bonds is 10. The van der Waals surface area contributed by atoms with Crippen LogP contribution in [-0.2, 0) is 14.8 Å².